The molecule has 1 aliphatic heterocycles. The maximum atomic E-state index is 11.6. The maximum Gasteiger partial charge on any atom is 0.335 e. The van der Waals surface area contributed by atoms with Gasteiger partial charge in [0.2, 0.25) is 5.91 Å². The van der Waals surface area contributed by atoms with E-state index in [1.54, 1.807) is 0 Å². The molecule has 6 nitrogen and oxygen atoms in total. The second-order valence-electron chi connectivity index (χ2n) is 3.67. The second kappa shape index (κ2) is 3.89. The van der Waals surface area contributed by atoms with E-state index in [1.807, 2.05) is 0 Å². The molecule has 0 unspecified atom stereocenters. The van der Waals surface area contributed by atoms with Gasteiger partial charge in [-0.2, -0.15) is 0 Å². The summed E-state index contributed by atoms with van der Waals surface area (Å²) in [6.45, 7) is -0.0122. The van der Waals surface area contributed by atoms with Gasteiger partial charge in [0.25, 0.3) is 0 Å². The van der Waals surface area contributed by atoms with E-state index in [1.165, 1.54) is 36.2 Å². The maximum absolute atomic E-state index is 11.6. The van der Waals surface area contributed by atoms with Crippen molar-refractivity contribution >= 4 is 23.6 Å². The molecule has 1 aromatic carbocycles. The number of nitrogens with zero attached hydrogens (tertiary/aromatic N) is 2. The number of hydrogen-bond donors (Lipinski definition) is 1. The molecule has 1 aliphatic rings. The standard InChI is InChI=1S/C11H10N2O4/c1-12-9(14)6-13(11(12)17)8-4-2-7(3-5-8)10(15)16/h2-5H,6H2,1H3,(H,15,16). The molecule has 0 aliphatic carbocycles. The predicted octanol–water partition coefficient (Wildman–Crippen LogP) is 0.783. The first-order chi connectivity index (χ1) is 8.00. The molecule has 1 aromatic rings. The number of benzene rings is 1. The molecule has 1 heterocycles. The van der Waals surface area contributed by atoms with Crippen LogP contribution in [0.4, 0.5) is 10.5 Å². The minimum Gasteiger partial charge on any atom is -0.478 e. The van der Waals surface area contributed by atoms with Crippen molar-refractivity contribution in [3.05, 3.63) is 29.8 Å². The Bertz CT molecular complexity index is 495. The van der Waals surface area contributed by atoms with Crippen molar-refractivity contribution in [1.29, 1.82) is 0 Å². The number of carbonyl (C=O) groups is 3. The molecular weight excluding hydrogens is 224 g/mol. The lowest BCUT2D eigenvalue weighted by Gasteiger charge is -2.14. The molecule has 2 rings (SSSR count). The Kier molecular flexibility index (Phi) is 2.55. The van der Waals surface area contributed by atoms with Crippen molar-refractivity contribution in [2.75, 3.05) is 18.5 Å². The van der Waals surface area contributed by atoms with Crippen LogP contribution in [0.15, 0.2) is 24.3 Å². The molecule has 0 spiro atoms. The van der Waals surface area contributed by atoms with Crippen molar-refractivity contribution in [2.24, 2.45) is 0 Å². The third-order valence-electron chi connectivity index (χ3n) is 2.61. The van der Waals surface area contributed by atoms with Gasteiger partial charge in [-0.05, 0) is 24.3 Å². The number of carbonyl (C=O) groups excluding carboxylic acids is 2. The summed E-state index contributed by atoms with van der Waals surface area (Å²) in [6, 6.07) is 5.40. The molecule has 1 saturated heterocycles. The smallest absolute Gasteiger partial charge is 0.335 e. The van der Waals surface area contributed by atoms with Crippen molar-refractivity contribution in [2.45, 2.75) is 0 Å². The van der Waals surface area contributed by atoms with E-state index in [9.17, 15) is 14.4 Å². The lowest BCUT2D eigenvalue weighted by Crippen LogP contribution is -2.29. The SMILES string of the molecule is CN1C(=O)CN(c2ccc(C(=O)O)cc2)C1=O. The zero-order valence-corrected chi connectivity index (χ0v) is 9.08. The van der Waals surface area contributed by atoms with Crippen LogP contribution in [0.5, 0.6) is 0 Å². The zero-order valence-electron chi connectivity index (χ0n) is 9.08. The van der Waals surface area contributed by atoms with Crippen LogP contribution in [0.2, 0.25) is 0 Å². The normalized spacial score (nSPS) is 15.6. The number of amides is 3. The molecule has 17 heavy (non-hydrogen) atoms. The van der Waals surface area contributed by atoms with E-state index in [-0.39, 0.29) is 18.0 Å². The summed E-state index contributed by atoms with van der Waals surface area (Å²) in [5.74, 6) is -1.31. The highest BCUT2D eigenvalue weighted by Gasteiger charge is 2.33. The van der Waals surface area contributed by atoms with Crippen LogP contribution in [-0.2, 0) is 4.79 Å². The Hall–Kier alpha value is -2.37. The minimum atomic E-state index is -1.03. The summed E-state index contributed by atoms with van der Waals surface area (Å²) in [5, 5.41) is 8.73. The van der Waals surface area contributed by atoms with E-state index in [2.05, 4.69) is 0 Å². The first-order valence-corrected chi connectivity index (χ1v) is 4.92. The van der Waals surface area contributed by atoms with Crippen LogP contribution in [0.25, 0.3) is 0 Å². The summed E-state index contributed by atoms with van der Waals surface area (Å²) in [7, 11) is 1.41. The van der Waals surface area contributed by atoms with Gasteiger partial charge in [-0.15, -0.1) is 0 Å². The van der Waals surface area contributed by atoms with Crippen LogP contribution in [0.1, 0.15) is 10.4 Å². The number of imide groups is 1. The molecule has 1 fully saturated rings. The molecule has 0 aromatic heterocycles. The summed E-state index contributed by atoms with van der Waals surface area (Å²) >= 11 is 0. The molecule has 0 radical (unpaired) electrons. The number of aromatic carboxylic acids is 1. The van der Waals surface area contributed by atoms with Gasteiger partial charge >= 0.3 is 12.0 Å². The molecule has 6 heteroatoms. The molecule has 88 valence electrons. The topological polar surface area (TPSA) is 77.9 Å². The Morgan fingerprint density at radius 1 is 1.24 bits per heavy atom. The van der Waals surface area contributed by atoms with Crippen LogP contribution >= 0.6 is 0 Å². The number of anilines is 1. The quantitative estimate of drug-likeness (QED) is 0.767. The Morgan fingerprint density at radius 3 is 2.24 bits per heavy atom. The van der Waals surface area contributed by atoms with Gasteiger partial charge in [0.15, 0.2) is 0 Å². The monoisotopic (exact) mass is 234 g/mol. The predicted molar refractivity (Wildman–Crippen MR) is 58.9 cm³/mol. The van der Waals surface area contributed by atoms with Crippen LogP contribution < -0.4 is 4.90 Å². The summed E-state index contributed by atoms with van der Waals surface area (Å²) in [5.41, 5.74) is 0.651. The van der Waals surface area contributed by atoms with Gasteiger partial charge in [0.1, 0.15) is 6.54 Å². The van der Waals surface area contributed by atoms with Gasteiger partial charge in [0.05, 0.1) is 5.56 Å². The average Bonchev–Trinajstić information content (AvgIpc) is 2.57. The van der Waals surface area contributed by atoms with Gasteiger partial charge < -0.3 is 5.11 Å². The first kappa shape index (κ1) is 11.1. The van der Waals surface area contributed by atoms with Crippen LogP contribution in [0.3, 0.4) is 0 Å². The minimum absolute atomic E-state index is 0.0122. The van der Waals surface area contributed by atoms with Crippen molar-refractivity contribution in [3.63, 3.8) is 0 Å². The Labute approximate surface area is 97.0 Å². The third-order valence-corrected chi connectivity index (χ3v) is 2.61. The van der Waals surface area contributed by atoms with Gasteiger partial charge in [-0.3, -0.25) is 14.6 Å². The molecule has 3 amide bonds. The van der Waals surface area contributed by atoms with E-state index in [0.29, 0.717) is 5.69 Å². The van der Waals surface area contributed by atoms with Crippen LogP contribution in [0, 0.1) is 0 Å². The lowest BCUT2D eigenvalue weighted by molar-refractivity contribution is -0.123. The van der Waals surface area contributed by atoms with Crippen molar-refractivity contribution in [3.8, 4) is 0 Å². The lowest BCUT2D eigenvalue weighted by atomic mass is 10.2. The fourth-order valence-corrected chi connectivity index (χ4v) is 1.58. The molecule has 0 bridgehead atoms. The number of urea groups is 1. The molecule has 0 atom stereocenters. The van der Waals surface area contributed by atoms with Gasteiger partial charge in [0, 0.05) is 12.7 Å². The highest BCUT2D eigenvalue weighted by atomic mass is 16.4. The van der Waals surface area contributed by atoms with Crippen LogP contribution in [-0.4, -0.2) is 41.5 Å². The number of hydrogen-bond acceptors (Lipinski definition) is 3. The number of carboxylic acids is 1. The average molecular weight is 234 g/mol. The number of carboxylic acid groups (broad SMARTS) is 1. The zero-order chi connectivity index (χ0) is 12.6. The summed E-state index contributed by atoms with van der Waals surface area (Å²) < 4.78 is 0. The van der Waals surface area contributed by atoms with Crippen molar-refractivity contribution < 1.29 is 19.5 Å². The van der Waals surface area contributed by atoms with Gasteiger partial charge in [-0.25, -0.2) is 9.59 Å². The first-order valence-electron chi connectivity index (χ1n) is 4.92. The van der Waals surface area contributed by atoms with E-state index in [0.717, 1.165) is 4.90 Å². The number of likely N-dealkylation sites (N-methyl/N-ethyl adjacent to an activating group) is 1. The van der Waals surface area contributed by atoms with E-state index < -0.39 is 12.0 Å². The molecule has 0 saturated carbocycles. The largest absolute Gasteiger partial charge is 0.478 e. The van der Waals surface area contributed by atoms with E-state index >= 15 is 0 Å². The highest BCUT2D eigenvalue weighted by Crippen LogP contribution is 2.20. The number of rotatable bonds is 2. The third kappa shape index (κ3) is 1.84. The molecule has 1 N–H and O–H groups in total. The van der Waals surface area contributed by atoms with Crippen molar-refractivity contribution in [1.82, 2.24) is 4.90 Å². The highest BCUT2D eigenvalue weighted by molar-refractivity contribution is 6.12. The fourth-order valence-electron chi connectivity index (χ4n) is 1.58. The summed E-state index contributed by atoms with van der Waals surface area (Å²) in [6.07, 6.45) is 0. The summed E-state index contributed by atoms with van der Waals surface area (Å²) in [4.78, 5) is 36.0. The molecular formula is C11H10N2O4. The Balaban J connectivity index is 2.27. The van der Waals surface area contributed by atoms with E-state index in [4.69, 9.17) is 5.11 Å². The second-order valence-corrected chi connectivity index (χ2v) is 3.67. The fraction of sp³-hybridized carbons (Fsp3) is 0.182. The van der Waals surface area contributed by atoms with Gasteiger partial charge in [-0.1, -0.05) is 0 Å². The Morgan fingerprint density at radius 2 is 1.82 bits per heavy atom.